The van der Waals surface area contributed by atoms with Crippen molar-refractivity contribution in [1.29, 1.82) is 0 Å². The maximum atomic E-state index is 12.0. The van der Waals surface area contributed by atoms with Crippen molar-refractivity contribution in [2.75, 3.05) is 33.4 Å². The molecule has 32 heavy (non-hydrogen) atoms. The van der Waals surface area contributed by atoms with Gasteiger partial charge in [0.1, 0.15) is 41.1 Å². The molecule has 0 aromatic heterocycles. The van der Waals surface area contributed by atoms with Crippen LogP contribution in [0, 0.1) is 0 Å². The Balaban J connectivity index is 1.30. The van der Waals surface area contributed by atoms with Crippen LogP contribution in [-0.4, -0.2) is 66.1 Å². The lowest BCUT2D eigenvalue weighted by Gasteiger charge is -2.39. The first kappa shape index (κ1) is 23.0. The van der Waals surface area contributed by atoms with Crippen molar-refractivity contribution in [3.05, 3.63) is 51.5 Å². The quantitative estimate of drug-likeness (QED) is 0.608. The molecule has 0 bridgehead atoms. The number of hydrogen-bond donors (Lipinski definition) is 2. The van der Waals surface area contributed by atoms with Gasteiger partial charge < -0.3 is 29.3 Å². The molecule has 2 heterocycles. The van der Waals surface area contributed by atoms with Crippen LogP contribution in [0.15, 0.2) is 30.3 Å². The lowest BCUT2D eigenvalue weighted by Crippen LogP contribution is -2.49. The number of halogens is 2. The van der Waals surface area contributed by atoms with Gasteiger partial charge in [-0.05, 0) is 29.8 Å². The summed E-state index contributed by atoms with van der Waals surface area (Å²) in [6.45, 7) is 1.94. The van der Waals surface area contributed by atoms with Gasteiger partial charge in [0.2, 0.25) is 0 Å². The number of likely N-dealkylation sites (tertiary alicyclic amines) is 1. The van der Waals surface area contributed by atoms with Crippen LogP contribution in [0.5, 0.6) is 17.2 Å². The van der Waals surface area contributed by atoms with Crippen molar-refractivity contribution < 1.29 is 29.2 Å². The summed E-state index contributed by atoms with van der Waals surface area (Å²) < 4.78 is 16.6. The Morgan fingerprint density at radius 1 is 1.25 bits per heavy atom. The molecule has 172 valence electrons. The number of aliphatic hydroxyl groups is 1. The van der Waals surface area contributed by atoms with Crippen molar-refractivity contribution in [2.45, 2.75) is 31.0 Å². The van der Waals surface area contributed by atoms with Crippen LogP contribution in [0.3, 0.4) is 0 Å². The number of carbonyl (C=O) groups excluding carboxylic acids is 1. The number of aliphatic hydroxyl groups excluding tert-OH is 1. The molecule has 0 radical (unpaired) electrons. The Morgan fingerprint density at radius 2 is 2.00 bits per heavy atom. The molecule has 0 unspecified atom stereocenters. The summed E-state index contributed by atoms with van der Waals surface area (Å²) >= 11 is 12.0. The molecule has 4 rings (SSSR count). The summed E-state index contributed by atoms with van der Waals surface area (Å²) in [7, 11) is 1.24. The first-order valence-corrected chi connectivity index (χ1v) is 11.2. The van der Waals surface area contributed by atoms with Crippen LogP contribution in [0.1, 0.15) is 28.8 Å². The third-order valence-corrected chi connectivity index (χ3v) is 6.52. The van der Waals surface area contributed by atoms with E-state index < -0.39 is 12.1 Å². The zero-order valence-corrected chi connectivity index (χ0v) is 19.2. The maximum Gasteiger partial charge on any atom is 0.341 e. The molecule has 1 spiro atoms. The number of aromatic hydroxyl groups is 1. The van der Waals surface area contributed by atoms with Gasteiger partial charge in [0, 0.05) is 50.0 Å². The van der Waals surface area contributed by atoms with Gasteiger partial charge >= 0.3 is 5.97 Å². The van der Waals surface area contributed by atoms with Crippen LogP contribution >= 0.6 is 23.2 Å². The van der Waals surface area contributed by atoms with Gasteiger partial charge in [-0.1, -0.05) is 23.2 Å². The van der Waals surface area contributed by atoms with E-state index in [1.54, 1.807) is 0 Å². The fourth-order valence-corrected chi connectivity index (χ4v) is 4.65. The zero-order chi connectivity index (χ0) is 22.9. The van der Waals surface area contributed by atoms with Gasteiger partial charge in [0.05, 0.1) is 12.1 Å². The molecule has 9 heteroatoms. The van der Waals surface area contributed by atoms with Crippen LogP contribution in [-0.2, 0) is 11.2 Å². The Morgan fingerprint density at radius 3 is 2.72 bits per heavy atom. The summed E-state index contributed by atoms with van der Waals surface area (Å²) in [4.78, 5) is 14.1. The van der Waals surface area contributed by atoms with Gasteiger partial charge in [-0.25, -0.2) is 4.79 Å². The first-order valence-electron chi connectivity index (χ1n) is 10.4. The topological polar surface area (TPSA) is 88.5 Å². The van der Waals surface area contributed by atoms with Gasteiger partial charge in [0.15, 0.2) is 0 Å². The van der Waals surface area contributed by atoms with E-state index in [0.717, 1.165) is 43.7 Å². The fraction of sp³-hybridized carbons (Fsp3) is 0.435. The fourth-order valence-electron chi connectivity index (χ4n) is 4.29. The van der Waals surface area contributed by atoms with Crippen LogP contribution in [0.4, 0.5) is 0 Å². The SMILES string of the molecule is COC(=O)c1cc(Cl)c(O)cc1OC[C@@H](O)CN1CCC2(CC1)Cc1cc(Cl)ccc1O2. The number of nitrogens with zero attached hydrogens (tertiary/aromatic N) is 1. The highest BCUT2D eigenvalue weighted by atomic mass is 35.5. The highest BCUT2D eigenvalue weighted by Gasteiger charge is 2.42. The largest absolute Gasteiger partial charge is 0.506 e. The van der Waals surface area contributed by atoms with Crippen LogP contribution in [0.2, 0.25) is 10.0 Å². The van der Waals surface area contributed by atoms with E-state index in [1.807, 2.05) is 18.2 Å². The molecule has 0 amide bonds. The minimum atomic E-state index is -0.784. The molecule has 1 atom stereocenters. The number of fused-ring (bicyclic) bond motifs is 1. The Kier molecular flexibility index (Phi) is 6.72. The molecule has 0 saturated carbocycles. The molecule has 2 N–H and O–H groups in total. The number of piperidine rings is 1. The van der Waals surface area contributed by atoms with E-state index in [0.29, 0.717) is 11.6 Å². The molecule has 2 aromatic rings. The molecule has 1 saturated heterocycles. The summed E-state index contributed by atoms with van der Waals surface area (Å²) in [5.41, 5.74) is 1.02. The van der Waals surface area contributed by atoms with E-state index in [1.165, 1.54) is 19.2 Å². The molecular formula is C23H25Cl2NO6. The number of phenols is 1. The number of β-amino-alcohol motifs (C(OH)–C–C–N with tert-alkyl or cyclic N) is 1. The number of carbonyl (C=O) groups is 1. The lowest BCUT2D eigenvalue weighted by atomic mass is 9.87. The highest BCUT2D eigenvalue weighted by Crippen LogP contribution is 2.42. The second kappa shape index (κ2) is 9.35. The predicted octanol–water partition coefficient (Wildman–Crippen LogP) is 3.70. The van der Waals surface area contributed by atoms with E-state index in [-0.39, 0.29) is 34.3 Å². The number of esters is 1. The van der Waals surface area contributed by atoms with Gasteiger partial charge in [-0.3, -0.25) is 0 Å². The summed E-state index contributed by atoms with van der Waals surface area (Å²) in [6, 6.07) is 8.26. The van der Waals surface area contributed by atoms with E-state index >= 15 is 0 Å². The monoisotopic (exact) mass is 481 g/mol. The summed E-state index contributed by atoms with van der Waals surface area (Å²) in [5, 5.41) is 21.0. The third kappa shape index (κ3) is 4.91. The average Bonchev–Trinajstić information content (AvgIpc) is 3.12. The van der Waals surface area contributed by atoms with Crippen molar-refractivity contribution in [2.24, 2.45) is 0 Å². The molecule has 7 nitrogen and oxygen atoms in total. The number of rotatable bonds is 6. The molecule has 0 aliphatic carbocycles. The number of benzene rings is 2. The van der Waals surface area contributed by atoms with Gasteiger partial charge in [-0.2, -0.15) is 0 Å². The highest BCUT2D eigenvalue weighted by molar-refractivity contribution is 6.32. The minimum Gasteiger partial charge on any atom is -0.506 e. The van der Waals surface area contributed by atoms with E-state index in [9.17, 15) is 15.0 Å². The molecule has 2 aliphatic rings. The van der Waals surface area contributed by atoms with Gasteiger partial charge in [0.25, 0.3) is 0 Å². The van der Waals surface area contributed by atoms with E-state index in [4.69, 9.17) is 37.4 Å². The Bertz CT molecular complexity index is 1010. The summed E-state index contributed by atoms with van der Waals surface area (Å²) in [6.07, 6.45) is 1.76. The first-order chi connectivity index (χ1) is 15.3. The maximum absolute atomic E-state index is 12.0. The molecule has 2 aliphatic heterocycles. The van der Waals surface area contributed by atoms with Crippen molar-refractivity contribution in [3.8, 4) is 17.2 Å². The zero-order valence-electron chi connectivity index (χ0n) is 17.6. The van der Waals surface area contributed by atoms with Crippen molar-refractivity contribution in [3.63, 3.8) is 0 Å². The molecular weight excluding hydrogens is 457 g/mol. The standard InChI is InChI=1S/C23H25Cl2NO6/c1-30-22(29)17-9-18(25)19(28)10-21(17)31-13-16(27)12-26-6-4-23(5-7-26)11-14-8-15(24)2-3-20(14)32-23/h2-3,8-10,16,27-28H,4-7,11-13H2,1H3/t16-/m0/s1. The number of phenolic OH excluding ortho intramolecular Hbond substituents is 1. The lowest BCUT2D eigenvalue weighted by molar-refractivity contribution is -0.00205. The molecule has 1 fully saturated rings. The van der Waals surface area contributed by atoms with Crippen molar-refractivity contribution >= 4 is 29.2 Å². The smallest absolute Gasteiger partial charge is 0.341 e. The minimum absolute atomic E-state index is 0.0131. The average molecular weight is 482 g/mol. The van der Waals surface area contributed by atoms with Crippen LogP contribution in [0.25, 0.3) is 0 Å². The van der Waals surface area contributed by atoms with Gasteiger partial charge in [-0.15, -0.1) is 0 Å². The second-order valence-corrected chi connectivity index (χ2v) is 9.11. The predicted molar refractivity (Wildman–Crippen MR) is 120 cm³/mol. The normalized spacial score (nSPS) is 18.1. The number of ether oxygens (including phenoxy) is 3. The Hall–Kier alpha value is -2.19. The van der Waals surface area contributed by atoms with Crippen molar-refractivity contribution in [1.82, 2.24) is 4.90 Å². The number of hydrogen-bond acceptors (Lipinski definition) is 7. The Labute approximate surface area is 196 Å². The van der Waals surface area contributed by atoms with E-state index in [2.05, 4.69) is 4.90 Å². The summed E-state index contributed by atoms with van der Waals surface area (Å²) in [5.74, 6) is 0.149. The van der Waals surface area contributed by atoms with Crippen LogP contribution < -0.4 is 9.47 Å². The number of methoxy groups -OCH3 is 1. The molecule has 2 aromatic carbocycles. The second-order valence-electron chi connectivity index (χ2n) is 8.27. The third-order valence-electron chi connectivity index (χ3n) is 5.98.